The molecule has 1 aliphatic rings. The lowest BCUT2D eigenvalue weighted by Crippen LogP contribution is -2.47. The molecule has 0 fully saturated rings. The lowest BCUT2D eigenvalue weighted by Gasteiger charge is -2.37. The zero-order chi connectivity index (χ0) is 24.4. The Balaban J connectivity index is 2.11. The van der Waals surface area contributed by atoms with Gasteiger partial charge in [-0.25, -0.2) is 13.2 Å². The number of unbranched alkanes of at least 4 members (excludes halogenated alkanes) is 5. The minimum absolute atomic E-state index is 0.112. The second kappa shape index (κ2) is 12.9. The number of nitrogens with zero attached hydrogens (tertiary/aromatic N) is 1. The first-order chi connectivity index (χ1) is 15.7. The number of hydrogen-bond donors (Lipinski definition) is 2. The summed E-state index contributed by atoms with van der Waals surface area (Å²) < 4.78 is 32.8. The Bertz CT molecular complexity index is 943. The number of nitrogens with one attached hydrogen (secondary N) is 2. The van der Waals surface area contributed by atoms with Crippen LogP contribution in [0.3, 0.4) is 0 Å². The summed E-state index contributed by atoms with van der Waals surface area (Å²) in [5, 5.41) is 3.77. The van der Waals surface area contributed by atoms with Crippen LogP contribution in [-0.2, 0) is 19.6 Å². The summed E-state index contributed by atoms with van der Waals surface area (Å²) >= 11 is 5.49. The lowest BCUT2D eigenvalue weighted by atomic mass is 9.95. The van der Waals surface area contributed by atoms with Gasteiger partial charge in [0.15, 0.2) is 5.11 Å². The minimum atomic E-state index is -3.40. The van der Waals surface area contributed by atoms with Crippen LogP contribution in [0.5, 0.6) is 0 Å². The second-order valence-corrected chi connectivity index (χ2v) is 10.4. The van der Waals surface area contributed by atoms with E-state index in [9.17, 15) is 13.2 Å². The van der Waals surface area contributed by atoms with Crippen molar-refractivity contribution in [3.8, 4) is 0 Å². The fourth-order valence-electron chi connectivity index (χ4n) is 3.93. The summed E-state index contributed by atoms with van der Waals surface area (Å²) in [6, 6.07) is 6.56. The molecule has 9 heteroatoms. The molecule has 0 saturated carbocycles. The summed E-state index contributed by atoms with van der Waals surface area (Å²) in [6.45, 7) is 8.67. The molecule has 0 aliphatic carbocycles. The van der Waals surface area contributed by atoms with Crippen molar-refractivity contribution in [2.24, 2.45) is 0 Å². The Morgan fingerprint density at radius 2 is 1.73 bits per heavy atom. The largest absolute Gasteiger partial charge is 0.463 e. The van der Waals surface area contributed by atoms with E-state index in [1.54, 1.807) is 31.2 Å². The monoisotopic (exact) mass is 495 g/mol. The molecule has 1 aromatic rings. The molecular weight excluding hydrogens is 458 g/mol. The molecule has 1 heterocycles. The summed E-state index contributed by atoms with van der Waals surface area (Å²) in [6.07, 6.45) is 6.17. The summed E-state index contributed by atoms with van der Waals surface area (Å²) in [7, 11) is -3.40. The second-order valence-electron chi connectivity index (χ2n) is 8.16. The van der Waals surface area contributed by atoms with Crippen molar-refractivity contribution in [3.63, 3.8) is 0 Å². The van der Waals surface area contributed by atoms with E-state index in [4.69, 9.17) is 17.0 Å². The smallest absolute Gasteiger partial charge is 0.338 e. The Morgan fingerprint density at radius 3 is 2.33 bits per heavy atom. The van der Waals surface area contributed by atoms with Crippen LogP contribution in [0.1, 0.15) is 77.8 Å². The van der Waals surface area contributed by atoms with Crippen LogP contribution in [-0.4, -0.2) is 43.3 Å². The van der Waals surface area contributed by atoms with Gasteiger partial charge in [-0.3, -0.25) is 4.72 Å². The molecule has 184 valence electrons. The Kier molecular flexibility index (Phi) is 10.6. The van der Waals surface area contributed by atoms with Crippen molar-refractivity contribution >= 4 is 39.0 Å². The number of carbonyl (C=O) groups excluding carboxylic acids is 1. The fraction of sp³-hybridized carbons (Fsp3) is 0.583. The number of rotatable bonds is 13. The third-order valence-electron chi connectivity index (χ3n) is 5.69. The molecule has 0 spiro atoms. The molecule has 0 amide bonds. The van der Waals surface area contributed by atoms with Crippen LogP contribution in [0, 0.1) is 0 Å². The first-order valence-corrected chi connectivity index (χ1v) is 13.9. The number of allylic oxidation sites excluding steroid dienone is 1. The Morgan fingerprint density at radius 1 is 1.09 bits per heavy atom. The van der Waals surface area contributed by atoms with Crippen molar-refractivity contribution in [1.82, 2.24) is 10.2 Å². The minimum Gasteiger partial charge on any atom is -0.463 e. The molecule has 0 radical (unpaired) electrons. The number of ether oxygens (including phenoxy) is 1. The maximum absolute atomic E-state index is 12.7. The average Bonchev–Trinajstić information content (AvgIpc) is 2.76. The molecule has 0 bridgehead atoms. The van der Waals surface area contributed by atoms with Gasteiger partial charge < -0.3 is 15.0 Å². The van der Waals surface area contributed by atoms with Crippen LogP contribution < -0.4 is 10.0 Å². The predicted molar refractivity (Wildman–Crippen MR) is 137 cm³/mol. The van der Waals surface area contributed by atoms with Gasteiger partial charge in [-0.2, -0.15) is 0 Å². The molecular formula is C24H37N3O4S2. The van der Waals surface area contributed by atoms with Gasteiger partial charge in [-0.1, -0.05) is 51.2 Å². The zero-order valence-electron chi connectivity index (χ0n) is 20.1. The molecule has 7 nitrogen and oxygen atoms in total. The highest BCUT2D eigenvalue weighted by Gasteiger charge is 2.34. The van der Waals surface area contributed by atoms with Crippen molar-refractivity contribution in [1.29, 1.82) is 0 Å². The van der Waals surface area contributed by atoms with Gasteiger partial charge in [-0.15, -0.1) is 0 Å². The molecule has 1 atom stereocenters. The van der Waals surface area contributed by atoms with E-state index in [1.165, 1.54) is 12.8 Å². The third kappa shape index (κ3) is 7.71. The van der Waals surface area contributed by atoms with Gasteiger partial charge in [0, 0.05) is 17.9 Å². The number of carbonyl (C=O) groups is 1. The summed E-state index contributed by atoms with van der Waals surface area (Å²) in [5.41, 5.74) is 2.56. The maximum atomic E-state index is 12.7. The normalized spacial score (nSPS) is 16.5. The predicted octanol–water partition coefficient (Wildman–Crippen LogP) is 4.88. The van der Waals surface area contributed by atoms with Crippen molar-refractivity contribution < 1.29 is 17.9 Å². The highest BCUT2D eigenvalue weighted by molar-refractivity contribution is 7.92. The summed E-state index contributed by atoms with van der Waals surface area (Å²) in [4.78, 5) is 14.6. The lowest BCUT2D eigenvalue weighted by molar-refractivity contribution is -0.139. The van der Waals surface area contributed by atoms with Crippen LogP contribution in [0.2, 0.25) is 0 Å². The van der Waals surface area contributed by atoms with E-state index in [2.05, 4.69) is 17.0 Å². The first kappa shape index (κ1) is 27.1. The van der Waals surface area contributed by atoms with Crippen molar-refractivity contribution in [2.45, 2.75) is 72.3 Å². The van der Waals surface area contributed by atoms with Crippen LogP contribution in [0.4, 0.5) is 5.69 Å². The van der Waals surface area contributed by atoms with E-state index in [1.807, 2.05) is 18.7 Å². The molecule has 1 aromatic carbocycles. The van der Waals surface area contributed by atoms with Crippen LogP contribution >= 0.6 is 12.2 Å². The third-order valence-corrected chi connectivity index (χ3v) is 7.40. The molecule has 33 heavy (non-hydrogen) atoms. The van der Waals surface area contributed by atoms with E-state index in [-0.39, 0.29) is 12.4 Å². The van der Waals surface area contributed by atoms with E-state index in [0.717, 1.165) is 30.5 Å². The van der Waals surface area contributed by atoms with Gasteiger partial charge in [-0.05, 0) is 57.1 Å². The standard InChI is InChI=1S/C24H37N3O4S2/c1-5-8-9-10-11-12-17-33(29,30)26-20-15-13-19(14-16-20)22-21(23(28)31-7-3)18(4)27(6-2)24(32)25-22/h13-16,22,26H,5-12,17H2,1-4H3,(H,25,32). The Hall–Kier alpha value is -2.13. The summed E-state index contributed by atoms with van der Waals surface area (Å²) in [5.74, 6) is -0.279. The SMILES string of the molecule is CCCCCCCCS(=O)(=O)Nc1ccc(C2NC(=S)N(CC)C(C)=C2C(=O)OCC)cc1. The maximum Gasteiger partial charge on any atom is 0.338 e. The van der Waals surface area contributed by atoms with Crippen molar-refractivity contribution in [3.05, 3.63) is 41.1 Å². The number of benzene rings is 1. The average molecular weight is 496 g/mol. The first-order valence-electron chi connectivity index (χ1n) is 11.8. The number of thiocarbonyl (C=S) groups is 1. The molecule has 1 aliphatic heterocycles. The van der Waals surface area contributed by atoms with Crippen LogP contribution in [0.25, 0.3) is 0 Å². The molecule has 2 N–H and O–H groups in total. The van der Waals surface area contributed by atoms with Gasteiger partial charge in [0.05, 0.1) is 24.0 Å². The Labute approximate surface area is 204 Å². The van der Waals surface area contributed by atoms with Gasteiger partial charge in [0.2, 0.25) is 10.0 Å². The van der Waals surface area contributed by atoms with Crippen molar-refractivity contribution in [2.75, 3.05) is 23.6 Å². The highest BCUT2D eigenvalue weighted by atomic mass is 32.2. The molecule has 2 rings (SSSR count). The topological polar surface area (TPSA) is 87.7 Å². The van der Waals surface area contributed by atoms with E-state index >= 15 is 0 Å². The molecule has 1 unspecified atom stereocenters. The van der Waals surface area contributed by atoms with Gasteiger partial charge in [0.25, 0.3) is 0 Å². The molecule has 0 aromatic heterocycles. The van der Waals surface area contributed by atoms with E-state index in [0.29, 0.717) is 29.3 Å². The highest BCUT2D eigenvalue weighted by Crippen LogP contribution is 2.32. The molecule has 0 saturated heterocycles. The van der Waals surface area contributed by atoms with Gasteiger partial charge >= 0.3 is 5.97 Å². The number of anilines is 1. The van der Waals surface area contributed by atoms with Gasteiger partial charge in [0.1, 0.15) is 0 Å². The number of hydrogen-bond acceptors (Lipinski definition) is 5. The zero-order valence-corrected chi connectivity index (χ0v) is 21.8. The quantitative estimate of drug-likeness (QED) is 0.229. The van der Waals surface area contributed by atoms with E-state index < -0.39 is 22.0 Å². The number of esters is 1. The number of sulfonamides is 1. The van der Waals surface area contributed by atoms with Crippen LogP contribution in [0.15, 0.2) is 35.5 Å². The fourth-order valence-corrected chi connectivity index (χ4v) is 5.50.